The van der Waals surface area contributed by atoms with E-state index in [1.807, 2.05) is 49.6 Å². The molecule has 0 amide bonds. The minimum Gasteiger partial charge on any atom is -0.493 e. The van der Waals surface area contributed by atoms with Crippen LogP contribution in [0.1, 0.15) is 27.2 Å². The second-order valence-corrected chi connectivity index (χ2v) is 5.40. The van der Waals surface area contributed by atoms with Crippen molar-refractivity contribution >= 4 is 17.1 Å². The highest BCUT2D eigenvalue weighted by molar-refractivity contribution is 7.10. The lowest BCUT2D eigenvalue weighted by molar-refractivity contribution is 0.0962. The average Bonchev–Trinajstić information content (AvgIpc) is 2.76. The van der Waals surface area contributed by atoms with Crippen LogP contribution in [0.5, 0.6) is 5.75 Å². The number of rotatable bonds is 5. The predicted molar refractivity (Wildman–Crippen MR) is 74.7 cm³/mol. The highest BCUT2D eigenvalue weighted by Crippen LogP contribution is 2.16. The van der Waals surface area contributed by atoms with E-state index in [2.05, 4.69) is 0 Å². The molecule has 2 aromatic rings. The number of carbonyl (C=O) groups is 1. The summed E-state index contributed by atoms with van der Waals surface area (Å²) in [5, 5.41) is 1.91. The monoisotopic (exact) mass is 260 g/mol. The van der Waals surface area contributed by atoms with E-state index in [4.69, 9.17) is 4.74 Å². The molecule has 0 aliphatic carbocycles. The Morgan fingerprint density at radius 2 is 2.11 bits per heavy atom. The minimum absolute atomic E-state index is 0.145. The van der Waals surface area contributed by atoms with E-state index in [1.165, 1.54) is 0 Å². The van der Waals surface area contributed by atoms with Gasteiger partial charge < -0.3 is 4.74 Å². The zero-order valence-corrected chi connectivity index (χ0v) is 11.4. The molecule has 1 heterocycles. The minimum atomic E-state index is 0.145. The van der Waals surface area contributed by atoms with Crippen molar-refractivity contribution in [2.45, 2.75) is 20.3 Å². The average molecular weight is 260 g/mol. The van der Waals surface area contributed by atoms with Gasteiger partial charge in [-0.25, -0.2) is 0 Å². The van der Waals surface area contributed by atoms with E-state index in [0.717, 1.165) is 21.8 Å². The van der Waals surface area contributed by atoms with Crippen LogP contribution in [0.3, 0.4) is 0 Å². The molecule has 0 saturated carbocycles. The van der Waals surface area contributed by atoms with Crippen LogP contribution in [-0.4, -0.2) is 12.4 Å². The fraction of sp³-hybridized carbons (Fsp3) is 0.267. The van der Waals surface area contributed by atoms with Crippen molar-refractivity contribution in [1.82, 2.24) is 0 Å². The zero-order valence-electron chi connectivity index (χ0n) is 10.6. The molecule has 0 bridgehead atoms. The molecule has 0 radical (unpaired) electrons. The maximum Gasteiger partial charge on any atom is 0.167 e. The number of hydrogen-bond acceptors (Lipinski definition) is 3. The van der Waals surface area contributed by atoms with Crippen molar-refractivity contribution in [2.75, 3.05) is 6.61 Å². The molecule has 0 aliphatic rings. The molecule has 18 heavy (non-hydrogen) atoms. The molecule has 0 aliphatic heterocycles. The van der Waals surface area contributed by atoms with Crippen LogP contribution in [0.4, 0.5) is 0 Å². The third kappa shape index (κ3) is 3.44. The van der Waals surface area contributed by atoms with Crippen LogP contribution in [0.25, 0.3) is 0 Å². The van der Waals surface area contributed by atoms with Gasteiger partial charge in [-0.2, -0.15) is 0 Å². The molecule has 1 aromatic heterocycles. The lowest BCUT2D eigenvalue weighted by Gasteiger charge is -2.05. The molecule has 0 N–H and O–H groups in total. The summed E-state index contributed by atoms with van der Waals surface area (Å²) < 4.78 is 5.57. The van der Waals surface area contributed by atoms with Crippen molar-refractivity contribution in [3.8, 4) is 5.75 Å². The Kier molecular flexibility index (Phi) is 4.15. The maximum absolute atomic E-state index is 11.8. The van der Waals surface area contributed by atoms with Crippen LogP contribution in [-0.2, 0) is 0 Å². The Hall–Kier alpha value is -1.61. The van der Waals surface area contributed by atoms with E-state index in [-0.39, 0.29) is 5.78 Å². The lowest BCUT2D eigenvalue weighted by Crippen LogP contribution is -2.05. The Bertz CT molecular complexity index is 543. The number of Topliss-reactive ketones (excluding diaryl/α,β-unsaturated/α-hetero) is 1. The summed E-state index contributed by atoms with van der Waals surface area (Å²) in [6.45, 7) is 4.45. The van der Waals surface area contributed by atoms with E-state index in [9.17, 15) is 4.79 Å². The second kappa shape index (κ2) is 5.83. The van der Waals surface area contributed by atoms with Gasteiger partial charge in [-0.05, 0) is 37.6 Å². The molecule has 0 atom stereocenters. The first kappa shape index (κ1) is 12.8. The van der Waals surface area contributed by atoms with E-state index in [1.54, 1.807) is 11.3 Å². The highest BCUT2D eigenvalue weighted by atomic mass is 32.1. The van der Waals surface area contributed by atoms with Gasteiger partial charge in [0.1, 0.15) is 5.75 Å². The Morgan fingerprint density at radius 1 is 1.28 bits per heavy atom. The standard InChI is InChI=1S/C15H16O2S/c1-11-4-3-5-14(8-11)17-7-6-15(16)13-9-12(2)18-10-13/h3-5,8-10H,6-7H2,1-2H3. The van der Waals surface area contributed by atoms with Gasteiger partial charge >= 0.3 is 0 Å². The smallest absolute Gasteiger partial charge is 0.167 e. The summed E-state index contributed by atoms with van der Waals surface area (Å²) >= 11 is 1.60. The Morgan fingerprint density at radius 3 is 2.78 bits per heavy atom. The molecule has 1 aromatic carbocycles. The Labute approximate surface area is 111 Å². The number of benzene rings is 1. The van der Waals surface area contributed by atoms with Crippen LogP contribution in [0.2, 0.25) is 0 Å². The number of thiophene rings is 1. The van der Waals surface area contributed by atoms with Crippen molar-refractivity contribution in [3.05, 3.63) is 51.7 Å². The summed E-state index contributed by atoms with van der Waals surface area (Å²) in [6, 6.07) is 9.78. The third-order valence-corrected chi connectivity index (χ3v) is 3.50. The lowest BCUT2D eigenvalue weighted by atomic mass is 10.1. The molecule has 0 fully saturated rings. The van der Waals surface area contributed by atoms with E-state index >= 15 is 0 Å². The summed E-state index contributed by atoms with van der Waals surface area (Å²) in [7, 11) is 0. The van der Waals surface area contributed by atoms with Gasteiger partial charge in [-0.3, -0.25) is 4.79 Å². The molecule has 0 saturated heterocycles. The summed E-state index contributed by atoms with van der Waals surface area (Å²) in [5.41, 5.74) is 1.96. The van der Waals surface area contributed by atoms with Crippen LogP contribution in [0, 0.1) is 13.8 Å². The first-order valence-electron chi connectivity index (χ1n) is 5.93. The first-order valence-corrected chi connectivity index (χ1v) is 6.81. The van der Waals surface area contributed by atoms with Gasteiger partial charge in [0.2, 0.25) is 0 Å². The van der Waals surface area contributed by atoms with Crippen LogP contribution in [0.15, 0.2) is 35.7 Å². The molecule has 94 valence electrons. The third-order valence-electron chi connectivity index (χ3n) is 2.64. The van der Waals surface area contributed by atoms with Crippen molar-refractivity contribution < 1.29 is 9.53 Å². The van der Waals surface area contributed by atoms with Crippen molar-refractivity contribution in [3.63, 3.8) is 0 Å². The molecule has 0 spiro atoms. The number of carbonyl (C=O) groups excluding carboxylic acids is 1. The molecular weight excluding hydrogens is 244 g/mol. The van der Waals surface area contributed by atoms with Gasteiger partial charge in [0, 0.05) is 22.2 Å². The summed E-state index contributed by atoms with van der Waals surface area (Å²) in [4.78, 5) is 13.0. The van der Waals surface area contributed by atoms with E-state index < -0.39 is 0 Å². The summed E-state index contributed by atoms with van der Waals surface area (Å²) in [5.74, 6) is 0.969. The normalized spacial score (nSPS) is 10.3. The maximum atomic E-state index is 11.8. The van der Waals surface area contributed by atoms with Gasteiger partial charge in [-0.15, -0.1) is 11.3 Å². The largest absolute Gasteiger partial charge is 0.493 e. The SMILES string of the molecule is Cc1cccc(OCCC(=O)c2csc(C)c2)c1. The van der Waals surface area contributed by atoms with Crippen molar-refractivity contribution in [1.29, 1.82) is 0 Å². The number of ether oxygens (including phenoxy) is 1. The van der Waals surface area contributed by atoms with E-state index in [0.29, 0.717) is 13.0 Å². The molecular formula is C15H16O2S. The van der Waals surface area contributed by atoms with Crippen molar-refractivity contribution in [2.24, 2.45) is 0 Å². The fourth-order valence-electron chi connectivity index (χ4n) is 1.70. The number of ketones is 1. The molecule has 2 rings (SSSR count). The second-order valence-electron chi connectivity index (χ2n) is 4.28. The van der Waals surface area contributed by atoms with Gasteiger partial charge in [0.05, 0.1) is 6.61 Å². The van der Waals surface area contributed by atoms with Crippen LogP contribution < -0.4 is 4.74 Å². The van der Waals surface area contributed by atoms with Gasteiger partial charge in [-0.1, -0.05) is 12.1 Å². The molecule has 2 nitrogen and oxygen atoms in total. The predicted octanol–water partition coefficient (Wildman–Crippen LogP) is 4.02. The molecule has 0 unspecified atom stereocenters. The number of aryl methyl sites for hydroxylation is 2. The van der Waals surface area contributed by atoms with Gasteiger partial charge in [0.15, 0.2) is 5.78 Å². The quantitative estimate of drug-likeness (QED) is 0.759. The Balaban J connectivity index is 1.84. The summed E-state index contributed by atoms with van der Waals surface area (Å²) in [6.07, 6.45) is 0.421. The zero-order chi connectivity index (χ0) is 13.0. The highest BCUT2D eigenvalue weighted by Gasteiger charge is 2.07. The fourth-order valence-corrected chi connectivity index (χ4v) is 2.41. The van der Waals surface area contributed by atoms with Gasteiger partial charge in [0.25, 0.3) is 0 Å². The molecule has 3 heteroatoms. The first-order chi connectivity index (χ1) is 8.65. The van der Waals surface area contributed by atoms with Crippen LogP contribution >= 0.6 is 11.3 Å². The number of hydrogen-bond donors (Lipinski definition) is 0. The topological polar surface area (TPSA) is 26.3 Å².